The molecule has 2 fully saturated rings. The van der Waals surface area contributed by atoms with Crippen LogP contribution in [0.25, 0.3) is 0 Å². The molecule has 0 atom stereocenters. The Morgan fingerprint density at radius 2 is 1.69 bits per heavy atom. The van der Waals surface area contributed by atoms with Crippen LogP contribution >= 0.6 is 0 Å². The number of hydrogen-bond acceptors (Lipinski definition) is 9. The number of amides is 3. The average molecular weight is 718 g/mol. The number of nitrogens with one attached hydrogen (secondary N) is 1. The van der Waals surface area contributed by atoms with E-state index in [0.29, 0.717) is 62.6 Å². The van der Waals surface area contributed by atoms with Crippen molar-refractivity contribution in [2.75, 3.05) is 36.4 Å². The highest BCUT2D eigenvalue weighted by Crippen LogP contribution is 2.28. The Hall–Kier alpha value is -4.96. The van der Waals surface area contributed by atoms with E-state index in [4.69, 9.17) is 10.5 Å². The number of ether oxygens (including phenoxy) is 1. The van der Waals surface area contributed by atoms with Crippen LogP contribution in [0, 0.1) is 12.7 Å². The predicted octanol–water partition coefficient (Wildman–Crippen LogP) is 4.66. The summed E-state index contributed by atoms with van der Waals surface area (Å²) < 4.78 is 47.2. The molecule has 6 rings (SSSR count). The topological polar surface area (TPSA) is 171 Å². The van der Waals surface area contributed by atoms with E-state index in [1.807, 2.05) is 25.1 Å². The number of aliphatic hydroxyl groups is 1. The summed E-state index contributed by atoms with van der Waals surface area (Å²) >= 11 is 0. The van der Waals surface area contributed by atoms with Gasteiger partial charge in [0, 0.05) is 62.4 Å². The Labute approximate surface area is 295 Å². The molecule has 0 bridgehead atoms. The van der Waals surface area contributed by atoms with Gasteiger partial charge >= 0.3 is 6.03 Å². The van der Waals surface area contributed by atoms with E-state index in [9.17, 15) is 27.5 Å². The third kappa shape index (κ3) is 8.68. The number of aromatic nitrogens is 2. The maximum atomic E-state index is 14.0. The zero-order valence-electron chi connectivity index (χ0n) is 28.1. The number of anilines is 2. The summed E-state index contributed by atoms with van der Waals surface area (Å²) in [7, 11) is -3.65. The third-order valence-corrected chi connectivity index (χ3v) is 11.0. The van der Waals surface area contributed by atoms with Crippen molar-refractivity contribution in [3.8, 4) is 11.6 Å². The lowest BCUT2D eigenvalue weighted by Crippen LogP contribution is -2.49. The summed E-state index contributed by atoms with van der Waals surface area (Å²) in [5.74, 6) is -0.864. The Kier molecular flexibility index (Phi) is 10.9. The number of piperidine rings is 2. The number of benzene rings is 2. The highest BCUT2D eigenvalue weighted by Gasteiger charge is 2.31. The molecule has 2 aromatic carbocycles. The van der Waals surface area contributed by atoms with E-state index in [-0.39, 0.29) is 35.3 Å². The standard InChI is InChI=1S/C36H40FN7O6S/c1-24-2-5-28(22-39-24)44(36(47)41-26-4-10-33(37)32(20-26)35(38)46)27-12-16-42(17-13-27)23-25-3-11-34(40-21-25)50-30-6-8-31(9-7-30)51(48,49)43-18-14-29(45)15-19-43/h2-11,20-22,27,29,45H,12-19,23H2,1H3,(H2,38,46)(H,41,47). The first-order valence-electron chi connectivity index (χ1n) is 16.7. The van der Waals surface area contributed by atoms with Gasteiger partial charge in [0.05, 0.1) is 28.4 Å². The van der Waals surface area contributed by atoms with E-state index in [2.05, 4.69) is 20.2 Å². The highest BCUT2D eigenvalue weighted by molar-refractivity contribution is 7.89. The number of hydrogen-bond donors (Lipinski definition) is 3. The highest BCUT2D eigenvalue weighted by atomic mass is 32.2. The number of pyridine rings is 2. The van der Waals surface area contributed by atoms with Gasteiger partial charge in [0.15, 0.2) is 0 Å². The second kappa shape index (κ2) is 15.5. The molecule has 0 unspecified atom stereocenters. The summed E-state index contributed by atoms with van der Waals surface area (Å²) in [4.78, 5) is 38.2. The van der Waals surface area contributed by atoms with Crippen molar-refractivity contribution in [3.63, 3.8) is 0 Å². The van der Waals surface area contributed by atoms with Crippen LogP contribution < -0.4 is 20.7 Å². The molecule has 0 spiro atoms. The van der Waals surface area contributed by atoms with Gasteiger partial charge in [-0.1, -0.05) is 6.07 Å². The van der Waals surface area contributed by atoms with E-state index >= 15 is 0 Å². The smallest absolute Gasteiger partial charge is 0.326 e. The number of halogens is 1. The Balaban J connectivity index is 1.05. The zero-order valence-corrected chi connectivity index (χ0v) is 28.9. The number of nitrogens with two attached hydrogens (primary N) is 1. The summed E-state index contributed by atoms with van der Waals surface area (Å²) in [5, 5.41) is 12.5. The summed E-state index contributed by atoms with van der Waals surface area (Å²) in [6.45, 7) is 4.50. The number of aliphatic hydroxyl groups excluding tert-OH is 1. The number of rotatable bonds is 10. The maximum Gasteiger partial charge on any atom is 0.326 e. The number of nitrogens with zero attached hydrogens (tertiary/aromatic N) is 5. The molecule has 2 saturated heterocycles. The maximum absolute atomic E-state index is 14.0. The number of sulfonamides is 1. The van der Waals surface area contributed by atoms with Crippen LogP contribution in [-0.2, 0) is 16.6 Å². The lowest BCUT2D eigenvalue weighted by atomic mass is 10.0. The SMILES string of the molecule is Cc1ccc(N(C(=O)Nc2ccc(F)c(C(N)=O)c2)C2CCN(Cc3ccc(Oc4ccc(S(=O)(=O)N5CCC(O)CC5)cc4)nc3)CC2)cn1. The van der Waals surface area contributed by atoms with E-state index in [0.717, 1.165) is 17.3 Å². The second-order valence-electron chi connectivity index (χ2n) is 12.7. The lowest BCUT2D eigenvalue weighted by Gasteiger charge is -2.38. The number of aryl methyl sites for hydroxylation is 1. The van der Waals surface area contributed by atoms with Crippen molar-refractivity contribution in [1.82, 2.24) is 19.2 Å². The fraction of sp³-hybridized carbons (Fsp3) is 0.333. The molecule has 51 heavy (non-hydrogen) atoms. The minimum Gasteiger partial charge on any atom is -0.439 e. The van der Waals surface area contributed by atoms with Crippen LogP contribution in [0.5, 0.6) is 11.6 Å². The first-order chi connectivity index (χ1) is 24.5. The van der Waals surface area contributed by atoms with Gasteiger partial charge in [0.2, 0.25) is 15.9 Å². The lowest BCUT2D eigenvalue weighted by molar-refractivity contribution is 0.0996. The minimum absolute atomic E-state index is 0.148. The van der Waals surface area contributed by atoms with Gasteiger partial charge < -0.3 is 20.9 Å². The molecule has 4 heterocycles. The fourth-order valence-electron chi connectivity index (χ4n) is 6.26. The minimum atomic E-state index is -3.65. The Morgan fingerprint density at radius 1 is 0.961 bits per heavy atom. The predicted molar refractivity (Wildman–Crippen MR) is 188 cm³/mol. The van der Waals surface area contributed by atoms with Crippen LogP contribution in [0.4, 0.5) is 20.6 Å². The molecule has 13 nitrogen and oxygen atoms in total. The third-order valence-electron chi connectivity index (χ3n) is 9.11. The molecule has 15 heteroatoms. The van der Waals surface area contributed by atoms with Crippen LogP contribution in [0.3, 0.4) is 0 Å². The average Bonchev–Trinajstić information content (AvgIpc) is 3.12. The van der Waals surface area contributed by atoms with Crippen molar-refractivity contribution in [2.45, 2.75) is 56.2 Å². The van der Waals surface area contributed by atoms with Crippen molar-refractivity contribution < 1.29 is 32.2 Å². The number of primary amides is 1. The quantitative estimate of drug-likeness (QED) is 0.211. The normalized spacial score (nSPS) is 16.5. The van der Waals surface area contributed by atoms with E-state index < -0.39 is 33.9 Å². The van der Waals surface area contributed by atoms with Crippen molar-refractivity contribution in [1.29, 1.82) is 0 Å². The van der Waals surface area contributed by atoms with Gasteiger partial charge in [0.25, 0.3) is 5.91 Å². The molecule has 3 amide bonds. The van der Waals surface area contributed by atoms with E-state index in [1.165, 1.54) is 28.6 Å². The first-order valence-corrected chi connectivity index (χ1v) is 18.2. The molecule has 2 aliphatic heterocycles. The number of likely N-dealkylation sites (tertiary alicyclic amines) is 1. The van der Waals surface area contributed by atoms with Crippen molar-refractivity contribution >= 4 is 33.3 Å². The molecule has 4 aromatic rings. The Morgan fingerprint density at radius 3 is 2.31 bits per heavy atom. The summed E-state index contributed by atoms with van der Waals surface area (Å²) in [6, 6.07) is 16.7. The van der Waals surface area contributed by atoms with Crippen molar-refractivity contribution in [3.05, 3.63) is 102 Å². The van der Waals surface area contributed by atoms with Crippen LogP contribution in [-0.4, -0.2) is 83.0 Å². The van der Waals surface area contributed by atoms with Gasteiger partial charge in [0.1, 0.15) is 11.6 Å². The molecular formula is C36H40FN7O6S. The van der Waals surface area contributed by atoms with Gasteiger partial charge in [-0.3, -0.25) is 19.6 Å². The van der Waals surface area contributed by atoms with Crippen LogP contribution in [0.15, 0.2) is 84.0 Å². The summed E-state index contributed by atoms with van der Waals surface area (Å²) in [6.07, 6.45) is 5.13. The molecule has 0 aliphatic carbocycles. The number of carbonyl (C=O) groups excluding carboxylic acids is 2. The molecule has 2 aliphatic rings. The van der Waals surface area contributed by atoms with Gasteiger partial charge in [-0.15, -0.1) is 0 Å². The zero-order chi connectivity index (χ0) is 36.1. The van der Waals surface area contributed by atoms with Crippen LogP contribution in [0.1, 0.15) is 47.3 Å². The molecule has 0 saturated carbocycles. The van der Waals surface area contributed by atoms with Gasteiger partial charge in [-0.05, 0) is 92.8 Å². The number of urea groups is 1. The molecule has 4 N–H and O–H groups in total. The van der Waals surface area contributed by atoms with Gasteiger partial charge in [-0.25, -0.2) is 22.6 Å². The van der Waals surface area contributed by atoms with Gasteiger partial charge in [-0.2, -0.15) is 4.31 Å². The second-order valence-corrected chi connectivity index (χ2v) is 14.7. The Bertz CT molecular complexity index is 1950. The van der Waals surface area contributed by atoms with E-state index in [1.54, 1.807) is 35.5 Å². The largest absolute Gasteiger partial charge is 0.439 e. The molecule has 0 radical (unpaired) electrons. The van der Waals surface area contributed by atoms with Crippen molar-refractivity contribution in [2.24, 2.45) is 5.73 Å². The first kappa shape index (κ1) is 35.9. The molecule has 2 aromatic heterocycles. The van der Waals surface area contributed by atoms with Crippen LogP contribution in [0.2, 0.25) is 0 Å². The molecular weight excluding hydrogens is 678 g/mol. The fourth-order valence-corrected chi connectivity index (χ4v) is 7.73. The number of carbonyl (C=O) groups is 2. The molecule has 268 valence electrons. The summed E-state index contributed by atoms with van der Waals surface area (Å²) in [5.41, 5.74) is 7.64. The monoisotopic (exact) mass is 717 g/mol.